The molecule has 1 unspecified atom stereocenters. The van der Waals surface area contributed by atoms with Gasteiger partial charge in [-0.05, 0) is 25.8 Å². The van der Waals surface area contributed by atoms with E-state index in [0.717, 1.165) is 25.6 Å². The van der Waals surface area contributed by atoms with Crippen LogP contribution in [0.25, 0.3) is 0 Å². The summed E-state index contributed by atoms with van der Waals surface area (Å²) in [6.45, 7) is 3.95. The Bertz CT molecular complexity index is 132. The molecule has 0 heterocycles. The van der Waals surface area contributed by atoms with Crippen molar-refractivity contribution in [3.8, 4) is 0 Å². The van der Waals surface area contributed by atoms with Crippen molar-refractivity contribution in [2.24, 2.45) is 5.92 Å². The van der Waals surface area contributed by atoms with Crippen molar-refractivity contribution in [2.75, 3.05) is 20.3 Å². The largest absolute Gasteiger partial charge is 0.380 e. The Morgan fingerprint density at radius 2 is 2.07 bits per heavy atom. The fourth-order valence-electron chi connectivity index (χ4n) is 2.29. The molecule has 2 heteroatoms. The highest BCUT2D eigenvalue weighted by Gasteiger charge is 2.19. The minimum absolute atomic E-state index is 0.574. The summed E-state index contributed by atoms with van der Waals surface area (Å²) in [5.74, 6) is 0.956. The van der Waals surface area contributed by atoms with Gasteiger partial charge in [-0.3, -0.25) is 0 Å². The van der Waals surface area contributed by atoms with E-state index in [-0.39, 0.29) is 0 Å². The van der Waals surface area contributed by atoms with Gasteiger partial charge in [0, 0.05) is 12.6 Å². The predicted molar refractivity (Wildman–Crippen MR) is 60.5 cm³/mol. The number of likely N-dealkylation sites (N-methyl/N-ethyl adjacent to an activating group) is 1. The van der Waals surface area contributed by atoms with E-state index in [1.54, 1.807) is 0 Å². The lowest BCUT2D eigenvalue weighted by molar-refractivity contribution is 0.106. The molecule has 0 aliphatic heterocycles. The molecule has 0 amide bonds. The predicted octanol–water partition coefficient (Wildman–Crippen LogP) is 2.58. The normalized spacial score (nSPS) is 20.1. The van der Waals surface area contributed by atoms with E-state index in [1.165, 1.54) is 32.1 Å². The third kappa shape index (κ3) is 4.43. The molecule has 0 radical (unpaired) electrons. The Morgan fingerprint density at radius 1 is 1.36 bits per heavy atom. The van der Waals surface area contributed by atoms with Crippen LogP contribution in [0.3, 0.4) is 0 Å². The van der Waals surface area contributed by atoms with Crippen LogP contribution < -0.4 is 5.32 Å². The van der Waals surface area contributed by atoms with Crippen molar-refractivity contribution in [3.05, 3.63) is 0 Å². The molecule has 1 rings (SSSR count). The first-order valence-corrected chi connectivity index (χ1v) is 6.11. The maximum absolute atomic E-state index is 5.58. The van der Waals surface area contributed by atoms with Gasteiger partial charge in [0.2, 0.25) is 0 Å². The van der Waals surface area contributed by atoms with Gasteiger partial charge in [-0.25, -0.2) is 0 Å². The van der Waals surface area contributed by atoms with Gasteiger partial charge in [0.1, 0.15) is 0 Å². The maximum atomic E-state index is 5.58. The van der Waals surface area contributed by atoms with Gasteiger partial charge < -0.3 is 10.1 Å². The number of hydrogen-bond acceptors (Lipinski definition) is 2. The van der Waals surface area contributed by atoms with E-state index in [2.05, 4.69) is 19.3 Å². The minimum Gasteiger partial charge on any atom is -0.380 e. The second-order valence-corrected chi connectivity index (χ2v) is 4.45. The number of rotatable bonds is 7. The summed E-state index contributed by atoms with van der Waals surface area (Å²) in [6, 6.07) is 0.574. The van der Waals surface area contributed by atoms with Crippen LogP contribution >= 0.6 is 0 Å². The molecule has 0 aromatic heterocycles. The van der Waals surface area contributed by atoms with Gasteiger partial charge in [0.05, 0.1) is 6.61 Å². The van der Waals surface area contributed by atoms with Crippen LogP contribution in [0, 0.1) is 5.92 Å². The Hall–Kier alpha value is -0.0800. The summed E-state index contributed by atoms with van der Waals surface area (Å²) in [5, 5.41) is 3.36. The first kappa shape index (κ1) is 12.0. The molecule has 1 N–H and O–H groups in total. The van der Waals surface area contributed by atoms with Crippen LogP contribution in [0.2, 0.25) is 0 Å². The smallest absolute Gasteiger partial charge is 0.0619 e. The lowest BCUT2D eigenvalue weighted by Crippen LogP contribution is -2.32. The van der Waals surface area contributed by atoms with Crippen molar-refractivity contribution in [2.45, 2.75) is 51.5 Å². The molecular formula is C12H25NO. The molecule has 2 nitrogen and oxygen atoms in total. The first-order valence-electron chi connectivity index (χ1n) is 6.11. The average molecular weight is 199 g/mol. The zero-order chi connectivity index (χ0) is 10.2. The Labute approximate surface area is 88.4 Å². The molecule has 14 heavy (non-hydrogen) atoms. The summed E-state index contributed by atoms with van der Waals surface area (Å²) in [5.41, 5.74) is 0. The summed E-state index contributed by atoms with van der Waals surface area (Å²) in [4.78, 5) is 0. The highest BCUT2D eigenvalue weighted by Crippen LogP contribution is 2.28. The first-order chi connectivity index (χ1) is 6.86. The van der Waals surface area contributed by atoms with Crippen molar-refractivity contribution in [1.29, 1.82) is 0 Å². The SMILES string of the molecule is CCCOCC(CC1CCCC1)NC. The monoisotopic (exact) mass is 199 g/mol. The van der Waals surface area contributed by atoms with Crippen LogP contribution in [0.4, 0.5) is 0 Å². The lowest BCUT2D eigenvalue weighted by atomic mass is 9.99. The van der Waals surface area contributed by atoms with Crippen LogP contribution in [0.15, 0.2) is 0 Å². The van der Waals surface area contributed by atoms with E-state index in [9.17, 15) is 0 Å². The Balaban J connectivity index is 2.10. The number of ether oxygens (including phenoxy) is 1. The highest BCUT2D eigenvalue weighted by atomic mass is 16.5. The Kier molecular flexibility index (Phi) is 6.20. The third-order valence-corrected chi connectivity index (χ3v) is 3.17. The molecular weight excluding hydrogens is 174 g/mol. The molecule has 0 spiro atoms. The molecule has 1 aliphatic carbocycles. The second kappa shape index (κ2) is 7.24. The summed E-state index contributed by atoms with van der Waals surface area (Å²) < 4.78 is 5.58. The third-order valence-electron chi connectivity index (χ3n) is 3.17. The molecule has 1 saturated carbocycles. The van der Waals surface area contributed by atoms with Crippen LogP contribution in [0.5, 0.6) is 0 Å². The van der Waals surface area contributed by atoms with Crippen molar-refractivity contribution >= 4 is 0 Å². The van der Waals surface area contributed by atoms with E-state index < -0.39 is 0 Å². The van der Waals surface area contributed by atoms with Crippen LogP contribution in [-0.4, -0.2) is 26.3 Å². The minimum atomic E-state index is 0.574. The summed E-state index contributed by atoms with van der Waals surface area (Å²) >= 11 is 0. The topological polar surface area (TPSA) is 21.3 Å². The zero-order valence-corrected chi connectivity index (χ0v) is 9.72. The quantitative estimate of drug-likeness (QED) is 0.636. The molecule has 0 saturated heterocycles. The number of hydrogen-bond donors (Lipinski definition) is 1. The standard InChI is InChI=1S/C12H25NO/c1-3-8-14-10-12(13-2)9-11-6-4-5-7-11/h11-13H,3-10H2,1-2H3. The highest BCUT2D eigenvalue weighted by molar-refractivity contribution is 4.74. The van der Waals surface area contributed by atoms with Crippen molar-refractivity contribution < 1.29 is 4.74 Å². The Morgan fingerprint density at radius 3 is 2.64 bits per heavy atom. The van der Waals surface area contributed by atoms with Crippen LogP contribution in [0.1, 0.15) is 45.4 Å². The van der Waals surface area contributed by atoms with Gasteiger partial charge in [-0.1, -0.05) is 32.6 Å². The zero-order valence-electron chi connectivity index (χ0n) is 9.72. The van der Waals surface area contributed by atoms with Gasteiger partial charge in [-0.2, -0.15) is 0 Å². The molecule has 0 bridgehead atoms. The van der Waals surface area contributed by atoms with Crippen molar-refractivity contribution in [3.63, 3.8) is 0 Å². The van der Waals surface area contributed by atoms with Gasteiger partial charge in [-0.15, -0.1) is 0 Å². The lowest BCUT2D eigenvalue weighted by Gasteiger charge is -2.19. The summed E-state index contributed by atoms with van der Waals surface area (Å²) in [7, 11) is 2.05. The van der Waals surface area contributed by atoms with E-state index in [1.807, 2.05) is 0 Å². The second-order valence-electron chi connectivity index (χ2n) is 4.45. The van der Waals surface area contributed by atoms with Crippen molar-refractivity contribution in [1.82, 2.24) is 5.32 Å². The summed E-state index contributed by atoms with van der Waals surface area (Å²) in [6.07, 6.45) is 8.19. The van der Waals surface area contributed by atoms with E-state index >= 15 is 0 Å². The number of nitrogens with one attached hydrogen (secondary N) is 1. The van der Waals surface area contributed by atoms with E-state index in [4.69, 9.17) is 4.74 Å². The van der Waals surface area contributed by atoms with E-state index in [0.29, 0.717) is 6.04 Å². The molecule has 1 aliphatic rings. The molecule has 0 aromatic rings. The molecule has 84 valence electrons. The molecule has 1 fully saturated rings. The molecule has 1 atom stereocenters. The fraction of sp³-hybridized carbons (Fsp3) is 1.00. The van der Waals surface area contributed by atoms with Crippen LogP contribution in [-0.2, 0) is 4.74 Å². The van der Waals surface area contributed by atoms with Gasteiger partial charge >= 0.3 is 0 Å². The maximum Gasteiger partial charge on any atom is 0.0619 e. The van der Waals surface area contributed by atoms with Gasteiger partial charge in [0.25, 0.3) is 0 Å². The average Bonchev–Trinajstić information content (AvgIpc) is 2.69. The molecule has 0 aromatic carbocycles. The fourth-order valence-corrected chi connectivity index (χ4v) is 2.29. The van der Waals surface area contributed by atoms with Gasteiger partial charge in [0.15, 0.2) is 0 Å².